The van der Waals surface area contributed by atoms with Gasteiger partial charge < -0.3 is 15.3 Å². The number of thiophene rings is 1. The van der Waals surface area contributed by atoms with Gasteiger partial charge in [-0.1, -0.05) is 6.07 Å². The molecule has 0 spiro atoms. The lowest BCUT2D eigenvalue weighted by molar-refractivity contribution is 0.205. The summed E-state index contributed by atoms with van der Waals surface area (Å²) in [5.41, 5.74) is 0. The van der Waals surface area contributed by atoms with E-state index in [1.165, 1.54) is 11.3 Å². The van der Waals surface area contributed by atoms with Crippen LogP contribution in [0.3, 0.4) is 0 Å². The molecule has 0 saturated carbocycles. The van der Waals surface area contributed by atoms with Crippen molar-refractivity contribution in [3.05, 3.63) is 17.5 Å². The lowest BCUT2D eigenvalue weighted by atomic mass is 10.2. The molecule has 0 radical (unpaired) electrons. The number of aliphatic imine (C=N–C) groups is 1. The van der Waals surface area contributed by atoms with Gasteiger partial charge in [-0.2, -0.15) is 11.8 Å². The first-order chi connectivity index (χ1) is 11.7. The largest absolute Gasteiger partial charge is 0.390 e. The number of nitrogens with one attached hydrogen (secondary N) is 1. The van der Waals surface area contributed by atoms with Crippen LogP contribution in [-0.4, -0.2) is 72.9 Å². The highest BCUT2D eigenvalue weighted by molar-refractivity contribution is 14.0. The van der Waals surface area contributed by atoms with Crippen molar-refractivity contribution in [3.63, 3.8) is 0 Å². The molecule has 2 heterocycles. The number of hydrogen-bond donors (Lipinski definition) is 2. The molecule has 26 heavy (non-hydrogen) atoms. The molecule has 1 aliphatic heterocycles. The molecule has 6 nitrogen and oxygen atoms in total. The zero-order chi connectivity index (χ0) is 18.5. The third kappa shape index (κ3) is 7.17. The van der Waals surface area contributed by atoms with Crippen molar-refractivity contribution in [1.82, 2.24) is 10.2 Å². The van der Waals surface area contributed by atoms with Crippen LogP contribution in [0.2, 0.25) is 0 Å². The Balaban J connectivity index is 0.00000338. The molecule has 10 heteroatoms. The molecule has 1 aromatic rings. The van der Waals surface area contributed by atoms with Gasteiger partial charge in [0.25, 0.3) is 0 Å². The topological polar surface area (TPSA) is 82.0 Å². The molecule has 1 fully saturated rings. The molecule has 1 aromatic heterocycles. The molecular formula is C16H28IN3O3S3. The van der Waals surface area contributed by atoms with Gasteiger partial charge in [-0.3, -0.25) is 4.99 Å². The van der Waals surface area contributed by atoms with Crippen molar-refractivity contribution in [3.8, 4) is 0 Å². The van der Waals surface area contributed by atoms with Crippen molar-refractivity contribution in [2.45, 2.75) is 35.8 Å². The minimum absolute atomic E-state index is 0. The number of aliphatic hydroxyl groups is 1. The van der Waals surface area contributed by atoms with E-state index in [2.05, 4.69) is 29.1 Å². The van der Waals surface area contributed by atoms with Crippen molar-refractivity contribution >= 4 is 62.9 Å². The van der Waals surface area contributed by atoms with E-state index >= 15 is 0 Å². The molecular weight excluding hydrogens is 505 g/mol. The van der Waals surface area contributed by atoms with E-state index in [9.17, 15) is 13.5 Å². The maximum Gasteiger partial charge on any atom is 0.194 e. The Hall–Kier alpha value is -0.0400. The fourth-order valence-electron chi connectivity index (χ4n) is 2.64. The summed E-state index contributed by atoms with van der Waals surface area (Å²) in [5.74, 6) is 1.45. The smallest absolute Gasteiger partial charge is 0.194 e. The van der Waals surface area contributed by atoms with Crippen LogP contribution in [0.25, 0.3) is 0 Å². The van der Waals surface area contributed by atoms with Crippen LogP contribution in [0.15, 0.2) is 26.7 Å². The molecule has 1 aliphatic rings. The number of halogens is 1. The number of guanidine groups is 1. The average molecular weight is 534 g/mol. The molecule has 0 aromatic carbocycles. The van der Waals surface area contributed by atoms with Crippen molar-refractivity contribution in [2.75, 3.05) is 37.7 Å². The van der Waals surface area contributed by atoms with Crippen molar-refractivity contribution in [2.24, 2.45) is 4.99 Å². The van der Waals surface area contributed by atoms with Gasteiger partial charge in [0, 0.05) is 30.1 Å². The SMILES string of the molecule is CCNC(=NCC(O)CS(=O)(=O)c1cccs1)N1CCSC(C)(C)C1.I. The number of hydrogen-bond acceptors (Lipinski definition) is 6. The lowest BCUT2D eigenvalue weighted by Gasteiger charge is -2.39. The van der Waals surface area contributed by atoms with E-state index in [4.69, 9.17) is 0 Å². The molecule has 0 amide bonds. The monoisotopic (exact) mass is 533 g/mol. The Morgan fingerprint density at radius 3 is 2.81 bits per heavy atom. The molecule has 0 aliphatic carbocycles. The second-order valence-electron chi connectivity index (χ2n) is 6.59. The molecule has 2 N–H and O–H groups in total. The quantitative estimate of drug-likeness (QED) is 0.332. The Bertz CT molecular complexity index is 678. The summed E-state index contributed by atoms with van der Waals surface area (Å²) in [7, 11) is -3.46. The average Bonchev–Trinajstić information content (AvgIpc) is 3.05. The Kier molecular flexibility index (Phi) is 9.68. The van der Waals surface area contributed by atoms with Crippen LogP contribution in [0.4, 0.5) is 0 Å². The predicted molar refractivity (Wildman–Crippen MR) is 122 cm³/mol. The van der Waals surface area contributed by atoms with E-state index in [0.29, 0.717) is 0 Å². The van der Waals surface area contributed by atoms with Crippen LogP contribution in [0.5, 0.6) is 0 Å². The summed E-state index contributed by atoms with van der Waals surface area (Å²) in [4.78, 5) is 6.66. The number of rotatable bonds is 6. The zero-order valence-corrected chi connectivity index (χ0v) is 20.1. The standard InChI is InChI=1S/C16H27N3O3S3.HI/c1-4-17-15(19-7-9-24-16(2,3)12-19)18-10-13(20)11-25(21,22)14-6-5-8-23-14;/h5-6,8,13,20H,4,7,9-12H2,1-3H3,(H,17,18);1H. The summed E-state index contributed by atoms with van der Waals surface area (Å²) >= 11 is 3.11. The van der Waals surface area contributed by atoms with Gasteiger partial charge in [0.2, 0.25) is 0 Å². The normalized spacial score (nSPS) is 18.9. The summed E-state index contributed by atoms with van der Waals surface area (Å²) < 4.78 is 24.9. The summed E-state index contributed by atoms with van der Waals surface area (Å²) in [5, 5.41) is 15.1. The fourth-order valence-corrected chi connectivity index (χ4v) is 6.22. The predicted octanol–water partition coefficient (Wildman–Crippen LogP) is 2.29. The van der Waals surface area contributed by atoms with E-state index in [1.54, 1.807) is 17.5 Å². The first-order valence-electron chi connectivity index (χ1n) is 8.35. The van der Waals surface area contributed by atoms with E-state index < -0.39 is 15.9 Å². The third-order valence-corrected chi connectivity index (χ3v) is 8.31. The third-order valence-electron chi connectivity index (χ3n) is 3.73. The van der Waals surface area contributed by atoms with Gasteiger partial charge in [-0.15, -0.1) is 35.3 Å². The van der Waals surface area contributed by atoms with Gasteiger partial charge in [-0.05, 0) is 32.2 Å². The highest BCUT2D eigenvalue weighted by atomic mass is 127. The number of thioether (sulfide) groups is 1. The van der Waals surface area contributed by atoms with Gasteiger partial charge in [-0.25, -0.2) is 8.42 Å². The second kappa shape index (κ2) is 10.5. The van der Waals surface area contributed by atoms with E-state index in [1.807, 2.05) is 18.7 Å². The minimum Gasteiger partial charge on any atom is -0.390 e. The van der Waals surface area contributed by atoms with Gasteiger partial charge in [0.05, 0.1) is 18.4 Å². The summed E-state index contributed by atoms with van der Waals surface area (Å²) in [6.45, 7) is 8.96. The highest BCUT2D eigenvalue weighted by Crippen LogP contribution is 2.29. The Morgan fingerprint density at radius 1 is 1.50 bits per heavy atom. The summed E-state index contributed by atoms with van der Waals surface area (Å²) in [6, 6.07) is 3.26. The number of nitrogens with zero attached hydrogens (tertiary/aromatic N) is 2. The van der Waals surface area contributed by atoms with Crippen LogP contribution in [-0.2, 0) is 9.84 Å². The molecule has 1 unspecified atom stereocenters. The Morgan fingerprint density at radius 2 is 2.23 bits per heavy atom. The van der Waals surface area contributed by atoms with Crippen LogP contribution >= 0.6 is 47.1 Å². The first-order valence-corrected chi connectivity index (χ1v) is 11.9. The van der Waals surface area contributed by atoms with Crippen molar-refractivity contribution in [1.29, 1.82) is 0 Å². The van der Waals surface area contributed by atoms with E-state index in [-0.39, 0.29) is 45.2 Å². The Labute approximate surface area is 181 Å². The van der Waals surface area contributed by atoms with Crippen LogP contribution in [0, 0.1) is 0 Å². The van der Waals surface area contributed by atoms with E-state index in [0.717, 1.165) is 31.3 Å². The highest BCUT2D eigenvalue weighted by Gasteiger charge is 2.29. The molecule has 0 bridgehead atoms. The summed E-state index contributed by atoms with van der Waals surface area (Å²) in [6.07, 6.45) is -1.02. The zero-order valence-electron chi connectivity index (χ0n) is 15.3. The van der Waals surface area contributed by atoms with Crippen LogP contribution < -0.4 is 5.32 Å². The maximum atomic E-state index is 12.2. The number of sulfone groups is 1. The van der Waals surface area contributed by atoms with Crippen molar-refractivity contribution < 1.29 is 13.5 Å². The lowest BCUT2D eigenvalue weighted by Crippen LogP contribution is -2.51. The molecule has 1 saturated heterocycles. The number of aliphatic hydroxyl groups excluding tert-OH is 1. The first kappa shape index (κ1) is 24.0. The molecule has 2 rings (SSSR count). The fraction of sp³-hybridized carbons (Fsp3) is 0.688. The second-order valence-corrected chi connectivity index (χ2v) is 11.6. The minimum atomic E-state index is -3.46. The van der Waals surface area contributed by atoms with Gasteiger partial charge >= 0.3 is 0 Å². The van der Waals surface area contributed by atoms with Crippen LogP contribution in [0.1, 0.15) is 20.8 Å². The maximum absolute atomic E-state index is 12.2. The van der Waals surface area contributed by atoms with Gasteiger partial charge in [0.15, 0.2) is 15.8 Å². The molecule has 150 valence electrons. The van der Waals surface area contributed by atoms with Gasteiger partial charge in [0.1, 0.15) is 4.21 Å². The molecule has 1 atom stereocenters.